The molecule has 2 saturated heterocycles. The van der Waals surface area contributed by atoms with Crippen molar-refractivity contribution in [2.45, 2.75) is 38.6 Å². The third-order valence-electron chi connectivity index (χ3n) is 5.29. The molecule has 1 aromatic rings. The molecule has 1 aromatic carbocycles. The molecule has 0 saturated carbocycles. The maximum absolute atomic E-state index is 12.9. The second-order valence-corrected chi connectivity index (χ2v) is 8.70. The smallest absolute Gasteiger partial charge is 0.266 e. The molecule has 0 aromatic heterocycles. The van der Waals surface area contributed by atoms with Crippen molar-refractivity contribution in [2.75, 3.05) is 27.3 Å². The van der Waals surface area contributed by atoms with Gasteiger partial charge in [0.15, 0.2) is 11.5 Å². The Kier molecular flexibility index (Phi) is 7.18. The molecule has 2 heterocycles. The van der Waals surface area contributed by atoms with E-state index in [1.165, 1.54) is 16.7 Å². The standard InChI is InChI=1S/C21H26N2O4S2/c1-4-15-7-5-6-10-22(15)19(24)13-23-20(25)18(29-21(23)28)12-14-8-9-16(26-2)17(11-14)27-3/h8-9,11-12,15H,4-7,10,13H2,1-3H3. The van der Waals surface area contributed by atoms with Gasteiger partial charge in [-0.2, -0.15) is 0 Å². The highest BCUT2D eigenvalue weighted by atomic mass is 32.2. The van der Waals surface area contributed by atoms with E-state index in [1.807, 2.05) is 11.0 Å². The summed E-state index contributed by atoms with van der Waals surface area (Å²) in [5.74, 6) is 0.950. The second kappa shape index (κ2) is 9.63. The van der Waals surface area contributed by atoms with Gasteiger partial charge < -0.3 is 14.4 Å². The van der Waals surface area contributed by atoms with Gasteiger partial charge in [0, 0.05) is 12.6 Å². The fraction of sp³-hybridized carbons (Fsp3) is 0.476. The number of hydrogen-bond donors (Lipinski definition) is 0. The molecule has 8 heteroatoms. The molecule has 6 nitrogen and oxygen atoms in total. The number of carbonyl (C=O) groups is 2. The SMILES string of the molecule is CCC1CCCCN1C(=O)CN1C(=O)C(=Cc2ccc(OC)c(OC)c2)SC1=S. The van der Waals surface area contributed by atoms with Crippen LogP contribution in [0.3, 0.4) is 0 Å². The quantitative estimate of drug-likeness (QED) is 0.503. The maximum atomic E-state index is 12.9. The van der Waals surface area contributed by atoms with Gasteiger partial charge in [-0.05, 0) is 49.5 Å². The normalized spacial score (nSPS) is 21.1. The molecule has 0 aliphatic carbocycles. The lowest BCUT2D eigenvalue weighted by Gasteiger charge is -2.36. The Morgan fingerprint density at radius 3 is 2.72 bits per heavy atom. The van der Waals surface area contributed by atoms with E-state index in [4.69, 9.17) is 21.7 Å². The van der Waals surface area contributed by atoms with E-state index in [1.54, 1.807) is 32.4 Å². The molecule has 0 spiro atoms. The highest BCUT2D eigenvalue weighted by Crippen LogP contribution is 2.35. The van der Waals surface area contributed by atoms with Crippen molar-refractivity contribution in [3.63, 3.8) is 0 Å². The number of likely N-dealkylation sites (tertiary alicyclic amines) is 1. The van der Waals surface area contributed by atoms with Crippen LogP contribution in [0, 0.1) is 0 Å². The van der Waals surface area contributed by atoms with Crippen LogP contribution in [-0.2, 0) is 9.59 Å². The monoisotopic (exact) mass is 434 g/mol. The van der Waals surface area contributed by atoms with E-state index in [0.29, 0.717) is 20.7 Å². The van der Waals surface area contributed by atoms with Gasteiger partial charge in [0.25, 0.3) is 5.91 Å². The van der Waals surface area contributed by atoms with Gasteiger partial charge in [0.05, 0.1) is 19.1 Å². The third-order valence-corrected chi connectivity index (χ3v) is 6.67. The summed E-state index contributed by atoms with van der Waals surface area (Å²) in [5.41, 5.74) is 0.802. The zero-order chi connectivity index (χ0) is 21.0. The number of carbonyl (C=O) groups excluding carboxylic acids is 2. The van der Waals surface area contributed by atoms with E-state index in [2.05, 4.69) is 6.92 Å². The summed E-state index contributed by atoms with van der Waals surface area (Å²) >= 11 is 6.61. The number of methoxy groups -OCH3 is 2. The molecule has 29 heavy (non-hydrogen) atoms. The van der Waals surface area contributed by atoms with Crippen LogP contribution < -0.4 is 9.47 Å². The summed E-state index contributed by atoms with van der Waals surface area (Å²) < 4.78 is 11.0. The number of hydrogen-bond acceptors (Lipinski definition) is 6. The molecule has 0 radical (unpaired) electrons. The topological polar surface area (TPSA) is 59.1 Å². The summed E-state index contributed by atoms with van der Waals surface area (Å²) in [4.78, 5) is 29.6. The molecule has 2 aliphatic rings. The Morgan fingerprint density at radius 1 is 1.28 bits per heavy atom. The number of ether oxygens (including phenoxy) is 2. The average molecular weight is 435 g/mol. The minimum absolute atomic E-state index is 0.00441. The first-order valence-electron chi connectivity index (χ1n) is 9.75. The summed E-state index contributed by atoms with van der Waals surface area (Å²) in [5, 5.41) is 0. The van der Waals surface area contributed by atoms with Crippen molar-refractivity contribution in [3.05, 3.63) is 28.7 Å². The number of piperidine rings is 1. The summed E-state index contributed by atoms with van der Waals surface area (Å²) in [6, 6.07) is 5.70. The average Bonchev–Trinajstić information content (AvgIpc) is 3.00. The van der Waals surface area contributed by atoms with Crippen molar-refractivity contribution >= 4 is 46.2 Å². The lowest BCUT2D eigenvalue weighted by Crippen LogP contribution is -2.48. The fourth-order valence-electron chi connectivity index (χ4n) is 3.71. The Balaban J connectivity index is 1.74. The van der Waals surface area contributed by atoms with Crippen LogP contribution in [0.1, 0.15) is 38.2 Å². The van der Waals surface area contributed by atoms with Crippen LogP contribution >= 0.6 is 24.0 Å². The molecule has 156 valence electrons. The van der Waals surface area contributed by atoms with Crippen molar-refractivity contribution < 1.29 is 19.1 Å². The predicted octanol–water partition coefficient (Wildman–Crippen LogP) is 3.70. The van der Waals surface area contributed by atoms with Crippen molar-refractivity contribution in [1.82, 2.24) is 9.80 Å². The Hall–Kier alpha value is -2.06. The summed E-state index contributed by atoms with van der Waals surface area (Å²) in [7, 11) is 3.14. The summed E-state index contributed by atoms with van der Waals surface area (Å²) in [6.07, 6.45) is 5.89. The van der Waals surface area contributed by atoms with E-state index in [-0.39, 0.29) is 24.4 Å². The Bertz CT molecular complexity index is 840. The first kappa shape index (κ1) is 21.6. The fourth-order valence-corrected chi connectivity index (χ4v) is 4.96. The Labute approximate surface area is 181 Å². The minimum atomic E-state index is -0.229. The molecule has 2 fully saturated rings. The molecule has 0 bridgehead atoms. The van der Waals surface area contributed by atoms with Gasteiger partial charge in [-0.25, -0.2) is 0 Å². The number of benzene rings is 1. The predicted molar refractivity (Wildman–Crippen MR) is 119 cm³/mol. The van der Waals surface area contributed by atoms with E-state index in [9.17, 15) is 9.59 Å². The molecular formula is C21H26N2O4S2. The summed E-state index contributed by atoms with van der Waals surface area (Å²) in [6.45, 7) is 2.86. The van der Waals surface area contributed by atoms with Crippen LogP contribution in [0.5, 0.6) is 11.5 Å². The van der Waals surface area contributed by atoms with Crippen molar-refractivity contribution in [2.24, 2.45) is 0 Å². The number of thiocarbonyl (C=S) groups is 1. The first-order valence-corrected chi connectivity index (χ1v) is 11.0. The van der Waals surface area contributed by atoms with E-state index >= 15 is 0 Å². The maximum Gasteiger partial charge on any atom is 0.266 e. The highest BCUT2D eigenvalue weighted by molar-refractivity contribution is 8.26. The zero-order valence-electron chi connectivity index (χ0n) is 17.0. The van der Waals surface area contributed by atoms with Gasteiger partial charge in [-0.1, -0.05) is 37.0 Å². The van der Waals surface area contributed by atoms with Crippen LogP contribution in [0.15, 0.2) is 23.1 Å². The number of amides is 2. The lowest BCUT2D eigenvalue weighted by molar-refractivity contribution is -0.138. The van der Waals surface area contributed by atoms with Crippen LogP contribution in [0.2, 0.25) is 0 Å². The van der Waals surface area contributed by atoms with E-state index < -0.39 is 0 Å². The van der Waals surface area contributed by atoms with Gasteiger partial charge in [-0.15, -0.1) is 0 Å². The van der Waals surface area contributed by atoms with Crippen LogP contribution in [0.4, 0.5) is 0 Å². The number of nitrogens with zero attached hydrogens (tertiary/aromatic N) is 2. The van der Waals surface area contributed by atoms with Crippen LogP contribution in [0.25, 0.3) is 6.08 Å². The van der Waals surface area contributed by atoms with Crippen molar-refractivity contribution in [3.8, 4) is 11.5 Å². The molecule has 3 rings (SSSR count). The molecule has 1 unspecified atom stereocenters. The van der Waals surface area contributed by atoms with Gasteiger partial charge >= 0.3 is 0 Å². The second-order valence-electron chi connectivity index (χ2n) is 7.03. The van der Waals surface area contributed by atoms with Gasteiger partial charge in [0.1, 0.15) is 10.9 Å². The zero-order valence-corrected chi connectivity index (χ0v) is 18.6. The molecular weight excluding hydrogens is 408 g/mol. The van der Waals surface area contributed by atoms with Gasteiger partial charge in [-0.3, -0.25) is 14.5 Å². The highest BCUT2D eigenvalue weighted by Gasteiger charge is 2.35. The van der Waals surface area contributed by atoms with Gasteiger partial charge in [0.2, 0.25) is 5.91 Å². The molecule has 2 aliphatic heterocycles. The Morgan fingerprint density at radius 2 is 2.03 bits per heavy atom. The van der Waals surface area contributed by atoms with E-state index in [0.717, 1.165) is 37.8 Å². The molecule has 1 atom stereocenters. The lowest BCUT2D eigenvalue weighted by atomic mass is 10.00. The number of thioether (sulfide) groups is 1. The molecule has 0 N–H and O–H groups in total. The third kappa shape index (κ3) is 4.75. The minimum Gasteiger partial charge on any atom is -0.493 e. The first-order chi connectivity index (χ1) is 14.0. The van der Waals surface area contributed by atoms with Crippen molar-refractivity contribution in [1.29, 1.82) is 0 Å². The molecule has 2 amide bonds. The largest absolute Gasteiger partial charge is 0.493 e. The van der Waals surface area contributed by atoms with Crippen LogP contribution in [-0.4, -0.2) is 59.3 Å². The number of rotatable bonds is 6.